The molecular formula is C14H29NO. The smallest absolute Gasteiger partial charge is 0.0690 e. The molecule has 0 aromatic heterocycles. The predicted molar refractivity (Wildman–Crippen MR) is 69.6 cm³/mol. The molecule has 0 aromatic rings. The molecule has 0 aromatic carbocycles. The van der Waals surface area contributed by atoms with E-state index in [1.165, 1.54) is 25.7 Å². The van der Waals surface area contributed by atoms with Crippen LogP contribution in [-0.4, -0.2) is 34.7 Å². The third-order valence-corrected chi connectivity index (χ3v) is 3.87. The van der Waals surface area contributed by atoms with Gasteiger partial charge in [0.25, 0.3) is 0 Å². The molecule has 1 N–H and O–H groups in total. The van der Waals surface area contributed by atoms with Crippen molar-refractivity contribution in [1.82, 2.24) is 4.90 Å². The fourth-order valence-electron chi connectivity index (χ4n) is 2.87. The van der Waals surface area contributed by atoms with Gasteiger partial charge in [-0.25, -0.2) is 0 Å². The zero-order valence-electron chi connectivity index (χ0n) is 11.4. The number of hydrogen-bond donors (Lipinski definition) is 1. The monoisotopic (exact) mass is 227 g/mol. The lowest BCUT2D eigenvalue weighted by Gasteiger charge is -2.38. The molecule has 2 nitrogen and oxygen atoms in total. The van der Waals surface area contributed by atoms with Crippen LogP contribution in [0.25, 0.3) is 0 Å². The van der Waals surface area contributed by atoms with E-state index in [4.69, 9.17) is 0 Å². The Morgan fingerprint density at radius 3 is 2.19 bits per heavy atom. The molecule has 0 saturated heterocycles. The van der Waals surface area contributed by atoms with Crippen molar-refractivity contribution >= 4 is 0 Å². The highest BCUT2D eigenvalue weighted by molar-refractivity contribution is 4.84. The molecule has 1 aliphatic carbocycles. The van der Waals surface area contributed by atoms with Crippen LogP contribution in [0.3, 0.4) is 0 Å². The topological polar surface area (TPSA) is 23.5 Å². The third kappa shape index (κ3) is 3.74. The molecule has 2 atom stereocenters. The van der Waals surface area contributed by atoms with Gasteiger partial charge in [-0.15, -0.1) is 0 Å². The second-order valence-corrected chi connectivity index (χ2v) is 5.75. The normalized spacial score (nSPS) is 21.9. The van der Waals surface area contributed by atoms with Gasteiger partial charge < -0.3 is 5.11 Å². The van der Waals surface area contributed by atoms with Crippen molar-refractivity contribution < 1.29 is 5.11 Å². The Bertz CT molecular complexity index is 187. The molecular weight excluding hydrogens is 198 g/mol. The lowest BCUT2D eigenvalue weighted by Crippen LogP contribution is -2.48. The number of hydrogen-bond acceptors (Lipinski definition) is 2. The van der Waals surface area contributed by atoms with E-state index in [-0.39, 0.29) is 6.10 Å². The second-order valence-electron chi connectivity index (χ2n) is 5.75. The minimum Gasteiger partial charge on any atom is -0.392 e. The van der Waals surface area contributed by atoms with Crippen molar-refractivity contribution in [2.45, 2.75) is 78.0 Å². The van der Waals surface area contributed by atoms with Crippen molar-refractivity contribution in [3.05, 3.63) is 0 Å². The van der Waals surface area contributed by atoms with E-state index in [1.54, 1.807) is 0 Å². The quantitative estimate of drug-likeness (QED) is 0.754. The summed E-state index contributed by atoms with van der Waals surface area (Å²) < 4.78 is 0. The Kier molecular flexibility index (Phi) is 5.77. The number of aliphatic hydroxyl groups is 1. The third-order valence-electron chi connectivity index (χ3n) is 3.87. The summed E-state index contributed by atoms with van der Waals surface area (Å²) in [5.41, 5.74) is 0. The first-order valence-electron chi connectivity index (χ1n) is 7.00. The van der Waals surface area contributed by atoms with Crippen LogP contribution in [0.4, 0.5) is 0 Å². The largest absolute Gasteiger partial charge is 0.392 e. The maximum absolute atomic E-state index is 10.0. The number of rotatable bonds is 6. The summed E-state index contributed by atoms with van der Waals surface area (Å²) in [6, 6.07) is 1.04. The van der Waals surface area contributed by atoms with Crippen LogP contribution in [0.5, 0.6) is 0 Å². The molecule has 0 heterocycles. The van der Waals surface area contributed by atoms with Gasteiger partial charge in [0.1, 0.15) is 0 Å². The summed E-state index contributed by atoms with van der Waals surface area (Å²) in [7, 11) is 0. The van der Waals surface area contributed by atoms with Crippen LogP contribution in [-0.2, 0) is 0 Å². The molecule has 1 aliphatic rings. The molecule has 1 saturated carbocycles. The molecule has 2 unspecified atom stereocenters. The molecule has 0 spiro atoms. The van der Waals surface area contributed by atoms with Crippen LogP contribution in [0.1, 0.15) is 59.8 Å². The van der Waals surface area contributed by atoms with Crippen molar-refractivity contribution in [2.24, 2.45) is 5.92 Å². The maximum Gasteiger partial charge on any atom is 0.0690 e. The Hall–Kier alpha value is -0.0800. The Morgan fingerprint density at radius 1 is 1.19 bits per heavy atom. The van der Waals surface area contributed by atoms with Gasteiger partial charge in [0.05, 0.1) is 6.10 Å². The molecule has 2 heteroatoms. The molecule has 0 radical (unpaired) electrons. The van der Waals surface area contributed by atoms with Crippen LogP contribution in [0.2, 0.25) is 0 Å². The molecule has 0 aliphatic heterocycles. The Labute approximate surface area is 101 Å². The average Bonchev–Trinajstić information content (AvgIpc) is 2.76. The van der Waals surface area contributed by atoms with Crippen LogP contribution >= 0.6 is 0 Å². The standard InChI is InChI=1S/C14H29NO/c1-5-14(16)12(4)15(10-11(2)3)13-8-6-7-9-13/h11-14,16H,5-10H2,1-4H3. The van der Waals surface area contributed by atoms with Crippen LogP contribution in [0.15, 0.2) is 0 Å². The number of nitrogens with zero attached hydrogens (tertiary/aromatic N) is 1. The van der Waals surface area contributed by atoms with E-state index < -0.39 is 0 Å². The van der Waals surface area contributed by atoms with E-state index >= 15 is 0 Å². The fourth-order valence-corrected chi connectivity index (χ4v) is 2.87. The summed E-state index contributed by atoms with van der Waals surface area (Å²) >= 11 is 0. The van der Waals surface area contributed by atoms with Gasteiger partial charge in [0, 0.05) is 18.6 Å². The molecule has 0 bridgehead atoms. The minimum absolute atomic E-state index is 0.167. The van der Waals surface area contributed by atoms with E-state index in [0.717, 1.165) is 19.0 Å². The van der Waals surface area contributed by atoms with E-state index in [1.807, 2.05) is 0 Å². The highest BCUT2D eigenvalue weighted by atomic mass is 16.3. The summed E-state index contributed by atoms with van der Waals surface area (Å²) in [6.07, 6.45) is 6.09. The van der Waals surface area contributed by atoms with E-state index in [0.29, 0.717) is 12.0 Å². The zero-order chi connectivity index (χ0) is 12.1. The first-order valence-corrected chi connectivity index (χ1v) is 7.00. The van der Waals surface area contributed by atoms with Crippen molar-refractivity contribution in [1.29, 1.82) is 0 Å². The van der Waals surface area contributed by atoms with E-state index in [9.17, 15) is 5.11 Å². The van der Waals surface area contributed by atoms with Crippen molar-refractivity contribution in [3.63, 3.8) is 0 Å². The minimum atomic E-state index is -0.167. The Morgan fingerprint density at radius 2 is 1.75 bits per heavy atom. The fraction of sp³-hybridized carbons (Fsp3) is 1.00. The zero-order valence-corrected chi connectivity index (χ0v) is 11.4. The number of aliphatic hydroxyl groups excluding tert-OH is 1. The molecule has 0 amide bonds. The summed E-state index contributed by atoms with van der Waals surface area (Å²) in [5, 5.41) is 10.0. The van der Waals surface area contributed by atoms with Gasteiger partial charge in [-0.05, 0) is 32.1 Å². The molecule has 1 rings (SSSR count). The molecule has 1 fully saturated rings. The first-order chi connectivity index (χ1) is 7.56. The van der Waals surface area contributed by atoms with Gasteiger partial charge in [-0.3, -0.25) is 4.90 Å². The van der Waals surface area contributed by atoms with Gasteiger partial charge in [-0.1, -0.05) is 33.6 Å². The molecule has 96 valence electrons. The summed E-state index contributed by atoms with van der Waals surface area (Å²) in [6.45, 7) is 9.93. The second kappa shape index (κ2) is 6.61. The first kappa shape index (κ1) is 14.0. The SMILES string of the molecule is CCC(O)C(C)N(CC(C)C)C1CCCC1. The van der Waals surface area contributed by atoms with Crippen molar-refractivity contribution in [3.8, 4) is 0 Å². The predicted octanol–water partition coefficient (Wildman–Crippen LogP) is 3.05. The highest BCUT2D eigenvalue weighted by Crippen LogP contribution is 2.27. The van der Waals surface area contributed by atoms with Crippen molar-refractivity contribution in [2.75, 3.05) is 6.54 Å². The maximum atomic E-state index is 10.0. The lowest BCUT2D eigenvalue weighted by atomic mass is 10.0. The van der Waals surface area contributed by atoms with Gasteiger partial charge in [0.15, 0.2) is 0 Å². The molecule has 16 heavy (non-hydrogen) atoms. The average molecular weight is 227 g/mol. The van der Waals surface area contributed by atoms with Gasteiger partial charge >= 0.3 is 0 Å². The van der Waals surface area contributed by atoms with Gasteiger partial charge in [0.2, 0.25) is 0 Å². The highest BCUT2D eigenvalue weighted by Gasteiger charge is 2.29. The van der Waals surface area contributed by atoms with Crippen LogP contribution < -0.4 is 0 Å². The van der Waals surface area contributed by atoms with E-state index in [2.05, 4.69) is 32.6 Å². The van der Waals surface area contributed by atoms with Gasteiger partial charge in [-0.2, -0.15) is 0 Å². The summed E-state index contributed by atoms with van der Waals surface area (Å²) in [4.78, 5) is 2.56. The lowest BCUT2D eigenvalue weighted by molar-refractivity contribution is 0.0251. The van der Waals surface area contributed by atoms with Crippen LogP contribution in [0, 0.1) is 5.92 Å². The Balaban J connectivity index is 2.61. The summed E-state index contributed by atoms with van der Waals surface area (Å²) in [5.74, 6) is 0.687.